The summed E-state index contributed by atoms with van der Waals surface area (Å²) in [4.78, 5) is 2.07. The summed E-state index contributed by atoms with van der Waals surface area (Å²) in [5.41, 5.74) is 1.98. The zero-order valence-corrected chi connectivity index (χ0v) is 11.4. The third-order valence-corrected chi connectivity index (χ3v) is 3.47. The second-order valence-electron chi connectivity index (χ2n) is 3.93. The Kier molecular flexibility index (Phi) is 4.04. The van der Waals surface area contributed by atoms with E-state index >= 15 is 0 Å². The van der Waals surface area contributed by atoms with Gasteiger partial charge in [-0.3, -0.25) is 0 Å². The molecule has 1 aromatic carbocycles. The average Bonchev–Trinajstić information content (AvgIpc) is 2.81. The van der Waals surface area contributed by atoms with E-state index in [2.05, 4.69) is 22.1 Å². The number of anilines is 1. The zero-order chi connectivity index (χ0) is 13.0. The normalized spacial score (nSPS) is 11.1. The Bertz CT molecular complexity index is 530. The highest BCUT2D eigenvalue weighted by Gasteiger charge is 2.07. The Balaban J connectivity index is 2.11. The number of thiazole rings is 1. The van der Waals surface area contributed by atoms with Gasteiger partial charge in [0.2, 0.25) is 0 Å². The molecule has 0 N–H and O–H groups in total. The maximum Gasteiger partial charge on any atom is 0.408 e. The summed E-state index contributed by atoms with van der Waals surface area (Å²) in [6.45, 7) is 4.59. The summed E-state index contributed by atoms with van der Waals surface area (Å²) >= 11 is 1.57. The molecule has 1 heterocycles. The van der Waals surface area contributed by atoms with Crippen molar-refractivity contribution >= 4 is 27.8 Å². The molecule has 0 atom stereocenters. The van der Waals surface area contributed by atoms with E-state index in [0.29, 0.717) is 0 Å². The van der Waals surface area contributed by atoms with Crippen molar-refractivity contribution in [1.29, 1.82) is 0 Å². The highest BCUT2D eigenvalue weighted by atomic mass is 32.1. The van der Waals surface area contributed by atoms with E-state index < -0.39 is 0 Å². The van der Waals surface area contributed by atoms with E-state index in [9.17, 15) is 0 Å². The van der Waals surface area contributed by atoms with Crippen molar-refractivity contribution in [2.24, 2.45) is 17.3 Å². The van der Waals surface area contributed by atoms with Crippen LogP contribution in [-0.2, 0) is 7.05 Å². The van der Waals surface area contributed by atoms with Gasteiger partial charge < -0.3 is 4.90 Å². The number of benzene rings is 1. The van der Waals surface area contributed by atoms with Gasteiger partial charge in [0.1, 0.15) is 11.9 Å². The molecule has 2 aromatic rings. The maximum atomic E-state index is 4.22. The SMILES string of the molecule is [CH2]CN(C)c1ccc(/N=N/c2scc[n+]2C)cc1. The van der Waals surface area contributed by atoms with Crippen molar-refractivity contribution in [3.63, 3.8) is 0 Å². The molecule has 0 aliphatic heterocycles. The molecule has 1 radical (unpaired) electrons. The molecule has 5 heteroatoms. The van der Waals surface area contributed by atoms with Crippen LogP contribution in [0.25, 0.3) is 0 Å². The van der Waals surface area contributed by atoms with Crippen LogP contribution in [0.3, 0.4) is 0 Å². The fourth-order valence-electron chi connectivity index (χ4n) is 1.43. The predicted molar refractivity (Wildman–Crippen MR) is 74.7 cm³/mol. The van der Waals surface area contributed by atoms with Crippen LogP contribution < -0.4 is 9.47 Å². The molecular formula is C13H16N4S+. The summed E-state index contributed by atoms with van der Waals surface area (Å²) in [6, 6.07) is 7.96. The smallest absolute Gasteiger partial charge is 0.375 e. The molecule has 0 spiro atoms. The monoisotopic (exact) mass is 260 g/mol. The highest BCUT2D eigenvalue weighted by Crippen LogP contribution is 2.21. The number of hydrogen-bond donors (Lipinski definition) is 0. The van der Waals surface area contributed by atoms with Gasteiger partial charge >= 0.3 is 5.13 Å². The van der Waals surface area contributed by atoms with Gasteiger partial charge in [0.25, 0.3) is 0 Å². The molecule has 0 saturated carbocycles. The minimum absolute atomic E-state index is 0.742. The third kappa shape index (κ3) is 2.92. The van der Waals surface area contributed by atoms with Gasteiger partial charge in [-0.15, -0.1) is 0 Å². The number of nitrogens with zero attached hydrogens (tertiary/aromatic N) is 4. The first kappa shape index (κ1) is 12.7. The average molecular weight is 260 g/mol. The van der Waals surface area contributed by atoms with E-state index in [1.165, 1.54) is 0 Å². The number of hydrogen-bond acceptors (Lipinski definition) is 4. The lowest BCUT2D eigenvalue weighted by Crippen LogP contribution is -2.23. The van der Waals surface area contributed by atoms with Crippen molar-refractivity contribution in [2.75, 3.05) is 18.5 Å². The van der Waals surface area contributed by atoms with Crippen molar-refractivity contribution in [3.05, 3.63) is 42.8 Å². The maximum absolute atomic E-state index is 4.22. The van der Waals surface area contributed by atoms with E-state index in [0.717, 1.165) is 23.1 Å². The van der Waals surface area contributed by atoms with Gasteiger partial charge in [-0.05, 0) is 47.6 Å². The lowest BCUT2D eigenvalue weighted by Gasteiger charge is -2.15. The van der Waals surface area contributed by atoms with E-state index in [-0.39, 0.29) is 0 Å². The first-order valence-corrected chi connectivity index (χ1v) is 6.54. The van der Waals surface area contributed by atoms with Crippen molar-refractivity contribution in [1.82, 2.24) is 0 Å². The molecule has 2 rings (SSSR count). The van der Waals surface area contributed by atoms with E-state index in [4.69, 9.17) is 0 Å². The fourth-order valence-corrected chi connectivity index (χ4v) is 2.11. The van der Waals surface area contributed by atoms with Gasteiger partial charge in [0.05, 0.1) is 12.2 Å². The minimum atomic E-state index is 0.742. The first-order chi connectivity index (χ1) is 8.70. The van der Waals surface area contributed by atoms with Crippen LogP contribution in [0.1, 0.15) is 0 Å². The number of aryl methyl sites for hydroxylation is 1. The molecule has 4 nitrogen and oxygen atoms in total. The van der Waals surface area contributed by atoms with Crippen LogP contribution in [0.4, 0.5) is 16.5 Å². The van der Waals surface area contributed by atoms with Crippen LogP contribution in [0.2, 0.25) is 0 Å². The molecule has 18 heavy (non-hydrogen) atoms. The summed E-state index contributed by atoms with van der Waals surface area (Å²) in [5, 5.41) is 11.3. The van der Waals surface area contributed by atoms with Gasteiger partial charge in [0.15, 0.2) is 0 Å². The molecule has 0 unspecified atom stereocenters. The fraction of sp³-hybridized carbons (Fsp3) is 0.231. The van der Waals surface area contributed by atoms with Crippen LogP contribution in [0.5, 0.6) is 0 Å². The number of azo groups is 1. The van der Waals surface area contributed by atoms with Gasteiger partial charge in [-0.25, -0.2) is 4.57 Å². The standard InChI is InChI=1S/C13H16N4S/c1-4-16(2)12-7-5-11(6-8-12)14-15-13-17(3)9-10-18-13/h5-10H,1,4H2,2-3H3/q+1. The Morgan fingerprint density at radius 3 is 2.56 bits per heavy atom. The minimum Gasteiger partial charge on any atom is -0.375 e. The number of rotatable bonds is 4. The van der Waals surface area contributed by atoms with Gasteiger partial charge in [-0.2, -0.15) is 0 Å². The zero-order valence-electron chi connectivity index (χ0n) is 10.6. The largest absolute Gasteiger partial charge is 0.408 e. The Morgan fingerprint density at radius 2 is 2.00 bits per heavy atom. The second-order valence-corrected chi connectivity index (χ2v) is 4.81. The molecule has 0 fully saturated rings. The lowest BCUT2D eigenvalue weighted by atomic mass is 10.2. The summed E-state index contributed by atoms with van der Waals surface area (Å²) in [6.07, 6.45) is 1.96. The molecule has 0 saturated heterocycles. The quantitative estimate of drug-likeness (QED) is 0.613. The second kappa shape index (κ2) is 5.73. The van der Waals surface area contributed by atoms with Crippen LogP contribution in [-0.4, -0.2) is 13.6 Å². The molecule has 0 aliphatic carbocycles. The molecule has 0 aliphatic rings. The summed E-state index contributed by atoms with van der Waals surface area (Å²) < 4.78 is 1.94. The van der Waals surface area contributed by atoms with Crippen molar-refractivity contribution < 1.29 is 4.57 Å². The first-order valence-electron chi connectivity index (χ1n) is 5.66. The van der Waals surface area contributed by atoms with Gasteiger partial charge in [-0.1, -0.05) is 0 Å². The van der Waals surface area contributed by atoms with Crippen molar-refractivity contribution in [2.45, 2.75) is 0 Å². The summed E-state index contributed by atoms with van der Waals surface area (Å²) in [5.74, 6) is 0. The van der Waals surface area contributed by atoms with Crippen LogP contribution in [0, 0.1) is 6.92 Å². The van der Waals surface area contributed by atoms with Gasteiger partial charge in [0, 0.05) is 24.7 Å². The Morgan fingerprint density at radius 1 is 1.28 bits per heavy atom. The highest BCUT2D eigenvalue weighted by molar-refractivity contribution is 7.12. The number of aromatic nitrogens is 1. The topological polar surface area (TPSA) is 31.8 Å². The Hall–Kier alpha value is -1.75. The molecule has 1 aromatic heterocycles. The lowest BCUT2D eigenvalue weighted by molar-refractivity contribution is -0.654. The Labute approximate surface area is 111 Å². The third-order valence-electron chi connectivity index (χ3n) is 2.64. The molecular weight excluding hydrogens is 244 g/mol. The molecule has 0 bridgehead atoms. The molecule has 0 amide bonds. The summed E-state index contributed by atoms with van der Waals surface area (Å²) in [7, 11) is 3.96. The van der Waals surface area contributed by atoms with Crippen molar-refractivity contribution in [3.8, 4) is 0 Å². The predicted octanol–water partition coefficient (Wildman–Crippen LogP) is 3.26. The molecule has 93 valence electrons. The van der Waals surface area contributed by atoms with Crippen LogP contribution in [0.15, 0.2) is 46.1 Å². The van der Waals surface area contributed by atoms with E-state index in [1.54, 1.807) is 11.3 Å². The van der Waals surface area contributed by atoms with E-state index in [1.807, 2.05) is 54.5 Å². The van der Waals surface area contributed by atoms with Crippen LogP contribution >= 0.6 is 11.3 Å².